The summed E-state index contributed by atoms with van der Waals surface area (Å²) in [6.07, 6.45) is 3.52. The van der Waals surface area contributed by atoms with Crippen molar-refractivity contribution in [3.05, 3.63) is 11.9 Å². The van der Waals surface area contributed by atoms with E-state index in [1.54, 1.807) is 6.33 Å². The molecule has 0 amide bonds. The second-order valence-corrected chi connectivity index (χ2v) is 4.70. The number of nitrogens with zero attached hydrogens (tertiary/aromatic N) is 4. The predicted molar refractivity (Wildman–Crippen MR) is 76.9 cm³/mol. The molecule has 1 aromatic heterocycles. The van der Waals surface area contributed by atoms with E-state index in [1.807, 2.05) is 0 Å². The molecule has 5 nitrogen and oxygen atoms in total. The molecule has 0 unspecified atom stereocenters. The summed E-state index contributed by atoms with van der Waals surface area (Å²) in [4.78, 5) is 13.0. The molecule has 2 N–H and O–H groups in total. The lowest BCUT2D eigenvalue weighted by atomic mass is 10.2. The van der Waals surface area contributed by atoms with Gasteiger partial charge in [0.05, 0.1) is 0 Å². The van der Waals surface area contributed by atoms with Crippen LogP contribution in [0.25, 0.3) is 0 Å². The number of anilines is 2. The summed E-state index contributed by atoms with van der Waals surface area (Å²) in [5.41, 5.74) is 6.99. The summed E-state index contributed by atoms with van der Waals surface area (Å²) in [7, 11) is 4.17. The first-order valence-electron chi connectivity index (χ1n) is 6.59. The Morgan fingerprint density at radius 1 is 1.11 bits per heavy atom. The molecule has 1 aromatic rings. The lowest BCUT2D eigenvalue weighted by Crippen LogP contribution is -2.33. The molecule has 1 rings (SSSR count). The molecule has 18 heavy (non-hydrogen) atoms. The summed E-state index contributed by atoms with van der Waals surface area (Å²) in [6.45, 7) is 7.24. The Bertz CT molecular complexity index is 364. The van der Waals surface area contributed by atoms with Crippen LogP contribution >= 0.6 is 0 Å². The number of nitrogen functional groups attached to an aromatic ring is 1. The van der Waals surface area contributed by atoms with E-state index >= 15 is 0 Å². The second kappa shape index (κ2) is 7.16. The highest BCUT2D eigenvalue weighted by molar-refractivity contribution is 5.56. The van der Waals surface area contributed by atoms with Crippen LogP contribution in [-0.2, 0) is 6.42 Å². The SMILES string of the molecule is CCCN(CCN(C)C)c1ncnc(N)c1CC. The first kappa shape index (κ1) is 14.7. The Morgan fingerprint density at radius 3 is 2.39 bits per heavy atom. The highest BCUT2D eigenvalue weighted by Crippen LogP contribution is 2.21. The highest BCUT2D eigenvalue weighted by atomic mass is 15.2. The standard InChI is InChI=1S/C13H25N5/c1-5-7-18(9-8-17(3)4)13-11(6-2)12(14)15-10-16-13/h10H,5-9H2,1-4H3,(H2,14,15,16). The third kappa shape index (κ3) is 3.84. The van der Waals surface area contributed by atoms with Crippen LogP contribution < -0.4 is 10.6 Å². The molecular weight excluding hydrogens is 226 g/mol. The minimum absolute atomic E-state index is 0.605. The van der Waals surface area contributed by atoms with Gasteiger partial charge in [-0.25, -0.2) is 9.97 Å². The smallest absolute Gasteiger partial charge is 0.137 e. The van der Waals surface area contributed by atoms with Crippen LogP contribution in [0.15, 0.2) is 6.33 Å². The summed E-state index contributed by atoms with van der Waals surface area (Å²) in [5.74, 6) is 1.60. The van der Waals surface area contributed by atoms with Gasteiger partial charge >= 0.3 is 0 Å². The molecule has 0 saturated carbocycles. The minimum atomic E-state index is 0.605. The Kier molecular flexibility index (Phi) is 5.85. The quantitative estimate of drug-likeness (QED) is 0.794. The molecule has 0 atom stereocenters. The Hall–Kier alpha value is -1.36. The molecule has 1 heterocycles. The topological polar surface area (TPSA) is 58.3 Å². The summed E-state index contributed by atoms with van der Waals surface area (Å²) in [6, 6.07) is 0. The zero-order chi connectivity index (χ0) is 13.5. The van der Waals surface area contributed by atoms with Gasteiger partial charge in [-0.2, -0.15) is 0 Å². The predicted octanol–water partition coefficient (Wildman–Crippen LogP) is 1.40. The van der Waals surface area contributed by atoms with Gasteiger partial charge in [0.1, 0.15) is 18.0 Å². The molecule has 0 saturated heterocycles. The fourth-order valence-corrected chi connectivity index (χ4v) is 1.94. The van der Waals surface area contributed by atoms with Gasteiger partial charge in [-0.3, -0.25) is 0 Å². The average Bonchev–Trinajstić information content (AvgIpc) is 2.34. The average molecular weight is 251 g/mol. The number of likely N-dealkylation sites (N-methyl/N-ethyl adjacent to an activating group) is 1. The lowest BCUT2D eigenvalue weighted by Gasteiger charge is -2.26. The molecular formula is C13H25N5. The Balaban J connectivity index is 2.93. The van der Waals surface area contributed by atoms with Gasteiger partial charge in [-0.15, -0.1) is 0 Å². The van der Waals surface area contributed by atoms with Crippen molar-refractivity contribution in [2.45, 2.75) is 26.7 Å². The molecule has 102 valence electrons. The molecule has 0 aliphatic rings. The Labute approximate surface area is 110 Å². The maximum Gasteiger partial charge on any atom is 0.137 e. The van der Waals surface area contributed by atoms with Crippen molar-refractivity contribution in [2.24, 2.45) is 0 Å². The van der Waals surface area contributed by atoms with Crippen molar-refractivity contribution in [2.75, 3.05) is 44.4 Å². The zero-order valence-corrected chi connectivity index (χ0v) is 12.0. The van der Waals surface area contributed by atoms with Crippen LogP contribution in [-0.4, -0.2) is 48.6 Å². The van der Waals surface area contributed by atoms with Crippen molar-refractivity contribution < 1.29 is 0 Å². The van der Waals surface area contributed by atoms with Crippen molar-refractivity contribution in [1.82, 2.24) is 14.9 Å². The number of hydrogen-bond acceptors (Lipinski definition) is 5. The van der Waals surface area contributed by atoms with E-state index in [0.29, 0.717) is 5.82 Å². The number of hydrogen-bond donors (Lipinski definition) is 1. The molecule has 0 fully saturated rings. The van der Waals surface area contributed by atoms with E-state index < -0.39 is 0 Å². The van der Waals surface area contributed by atoms with Gasteiger partial charge in [0.25, 0.3) is 0 Å². The van der Waals surface area contributed by atoms with Crippen molar-refractivity contribution in [1.29, 1.82) is 0 Å². The van der Waals surface area contributed by atoms with Crippen molar-refractivity contribution >= 4 is 11.6 Å². The number of nitrogens with two attached hydrogens (primary N) is 1. The molecule has 0 spiro atoms. The van der Waals surface area contributed by atoms with Gasteiger partial charge in [-0.05, 0) is 26.9 Å². The van der Waals surface area contributed by atoms with Crippen LogP contribution in [0.1, 0.15) is 25.8 Å². The minimum Gasteiger partial charge on any atom is -0.383 e. The van der Waals surface area contributed by atoms with E-state index in [1.165, 1.54) is 0 Å². The molecule has 0 aliphatic heterocycles. The monoisotopic (exact) mass is 251 g/mol. The van der Waals surface area contributed by atoms with Gasteiger partial charge in [-0.1, -0.05) is 13.8 Å². The molecule has 0 aromatic carbocycles. The van der Waals surface area contributed by atoms with E-state index in [4.69, 9.17) is 5.73 Å². The molecule has 0 radical (unpaired) electrons. The van der Waals surface area contributed by atoms with Crippen LogP contribution in [0.4, 0.5) is 11.6 Å². The van der Waals surface area contributed by atoms with Crippen LogP contribution in [0.2, 0.25) is 0 Å². The van der Waals surface area contributed by atoms with E-state index in [2.05, 4.69) is 47.7 Å². The van der Waals surface area contributed by atoms with Crippen LogP contribution in [0.5, 0.6) is 0 Å². The Morgan fingerprint density at radius 2 is 1.83 bits per heavy atom. The third-order valence-corrected chi connectivity index (χ3v) is 2.92. The largest absolute Gasteiger partial charge is 0.383 e. The number of rotatable bonds is 7. The fraction of sp³-hybridized carbons (Fsp3) is 0.692. The van der Waals surface area contributed by atoms with Gasteiger partial charge in [0.15, 0.2) is 0 Å². The fourth-order valence-electron chi connectivity index (χ4n) is 1.94. The van der Waals surface area contributed by atoms with Crippen LogP contribution in [0, 0.1) is 0 Å². The summed E-state index contributed by atoms with van der Waals surface area (Å²) < 4.78 is 0. The van der Waals surface area contributed by atoms with Gasteiger partial charge in [0.2, 0.25) is 0 Å². The second-order valence-electron chi connectivity index (χ2n) is 4.70. The summed E-state index contributed by atoms with van der Waals surface area (Å²) >= 11 is 0. The molecule has 5 heteroatoms. The highest BCUT2D eigenvalue weighted by Gasteiger charge is 2.14. The van der Waals surface area contributed by atoms with Gasteiger partial charge in [0, 0.05) is 25.2 Å². The van der Waals surface area contributed by atoms with Gasteiger partial charge < -0.3 is 15.5 Å². The maximum atomic E-state index is 5.93. The van der Waals surface area contributed by atoms with E-state index in [9.17, 15) is 0 Å². The molecule has 0 aliphatic carbocycles. The zero-order valence-electron chi connectivity index (χ0n) is 12.0. The third-order valence-electron chi connectivity index (χ3n) is 2.92. The summed E-state index contributed by atoms with van der Waals surface area (Å²) in [5, 5.41) is 0. The number of aromatic nitrogens is 2. The van der Waals surface area contributed by atoms with E-state index in [-0.39, 0.29) is 0 Å². The normalized spacial score (nSPS) is 10.9. The lowest BCUT2D eigenvalue weighted by molar-refractivity contribution is 0.412. The van der Waals surface area contributed by atoms with Crippen LogP contribution in [0.3, 0.4) is 0 Å². The first-order valence-corrected chi connectivity index (χ1v) is 6.59. The maximum absolute atomic E-state index is 5.93. The molecule has 0 bridgehead atoms. The van der Waals surface area contributed by atoms with Crippen molar-refractivity contribution in [3.8, 4) is 0 Å². The van der Waals surface area contributed by atoms with Crippen molar-refractivity contribution in [3.63, 3.8) is 0 Å². The van der Waals surface area contributed by atoms with E-state index in [0.717, 1.165) is 43.9 Å². The first-order chi connectivity index (χ1) is 8.60.